The van der Waals surface area contributed by atoms with Crippen LogP contribution < -0.4 is 15.1 Å². The molecule has 1 N–H and O–H groups in total. The molecule has 5 rings (SSSR count). The zero-order valence-corrected chi connectivity index (χ0v) is 22.2. The first-order valence-corrected chi connectivity index (χ1v) is 13.7. The summed E-state index contributed by atoms with van der Waals surface area (Å²) in [5.74, 6) is 0.624. The van der Waals surface area contributed by atoms with Gasteiger partial charge in [-0.2, -0.15) is 0 Å². The molecule has 2 saturated heterocycles. The lowest BCUT2D eigenvalue weighted by Gasteiger charge is -2.39. The molecular formula is C29H41N5O3. The van der Waals surface area contributed by atoms with E-state index in [2.05, 4.69) is 47.2 Å². The molecule has 0 saturated carbocycles. The third kappa shape index (κ3) is 7.52. The van der Waals surface area contributed by atoms with Gasteiger partial charge in [-0.05, 0) is 62.4 Å². The van der Waals surface area contributed by atoms with Gasteiger partial charge in [0.1, 0.15) is 12.4 Å². The van der Waals surface area contributed by atoms with Crippen molar-refractivity contribution in [2.24, 2.45) is 5.92 Å². The zero-order valence-electron chi connectivity index (χ0n) is 22.2. The molecule has 2 atom stereocenters. The predicted molar refractivity (Wildman–Crippen MR) is 147 cm³/mol. The van der Waals surface area contributed by atoms with Gasteiger partial charge >= 0.3 is 6.03 Å². The number of nitrogens with zero attached hydrogens (tertiary/aromatic N) is 4. The third-order valence-electron chi connectivity index (χ3n) is 7.06. The number of aromatic nitrogens is 1. The number of benzene rings is 1. The van der Waals surface area contributed by atoms with E-state index in [1.807, 2.05) is 40.3 Å². The molecule has 1 aromatic heterocycles. The number of para-hydroxylation sites is 2. The molecular weight excluding hydrogens is 466 g/mol. The molecule has 3 aliphatic heterocycles. The summed E-state index contributed by atoms with van der Waals surface area (Å²) in [5, 5.41) is 3.59. The average molecular weight is 508 g/mol. The normalized spacial score (nSPS) is 21.3. The first-order valence-electron chi connectivity index (χ1n) is 13.7. The minimum atomic E-state index is -0.0938. The smallest absolute Gasteiger partial charge is 0.324 e. The van der Waals surface area contributed by atoms with Crippen molar-refractivity contribution in [3.8, 4) is 0 Å². The molecule has 0 bridgehead atoms. The van der Waals surface area contributed by atoms with Crippen LogP contribution in [0.25, 0.3) is 0 Å². The Balaban J connectivity index is 0.000000342. The van der Waals surface area contributed by atoms with E-state index >= 15 is 0 Å². The molecule has 2 unspecified atom stereocenters. The number of carbonyl (C=O) groups excluding carboxylic acids is 2. The number of urea groups is 1. The maximum atomic E-state index is 13.3. The topological polar surface area (TPSA) is 78.0 Å². The monoisotopic (exact) mass is 507 g/mol. The van der Waals surface area contributed by atoms with Crippen LogP contribution in [0.5, 0.6) is 0 Å². The summed E-state index contributed by atoms with van der Waals surface area (Å²) in [7, 11) is 0. The van der Waals surface area contributed by atoms with Crippen molar-refractivity contribution in [3.05, 3.63) is 54.4 Å². The highest BCUT2D eigenvalue weighted by atomic mass is 16.5. The van der Waals surface area contributed by atoms with Crippen molar-refractivity contribution < 1.29 is 14.3 Å². The van der Waals surface area contributed by atoms with Crippen LogP contribution in [0.1, 0.15) is 45.2 Å². The molecule has 0 aliphatic carbocycles. The van der Waals surface area contributed by atoms with Gasteiger partial charge in [0.25, 0.3) is 0 Å². The largest absolute Gasteiger partial charge is 0.371 e. The third-order valence-corrected chi connectivity index (χ3v) is 7.06. The van der Waals surface area contributed by atoms with Gasteiger partial charge in [-0.15, -0.1) is 0 Å². The van der Waals surface area contributed by atoms with E-state index in [9.17, 15) is 9.59 Å². The van der Waals surface area contributed by atoms with Crippen LogP contribution in [-0.2, 0) is 16.1 Å². The van der Waals surface area contributed by atoms with Gasteiger partial charge in [-0.3, -0.25) is 9.88 Å². The number of hydrogen-bond donors (Lipinski definition) is 1. The van der Waals surface area contributed by atoms with Crippen LogP contribution in [0.15, 0.2) is 48.7 Å². The second-order valence-corrected chi connectivity index (χ2v) is 10.4. The average Bonchev–Trinajstić information content (AvgIpc) is 3.42. The van der Waals surface area contributed by atoms with Gasteiger partial charge in [0.05, 0.1) is 23.6 Å². The molecule has 8 nitrogen and oxygen atoms in total. The van der Waals surface area contributed by atoms with Crippen molar-refractivity contribution in [1.82, 2.24) is 15.2 Å². The molecule has 0 radical (unpaired) electrons. The highest BCUT2D eigenvalue weighted by Gasteiger charge is 2.33. The molecule has 2 aromatic rings. The lowest BCUT2D eigenvalue weighted by atomic mass is 10.1. The summed E-state index contributed by atoms with van der Waals surface area (Å²) in [6, 6.07) is 14.8. The van der Waals surface area contributed by atoms with E-state index in [1.54, 1.807) is 0 Å². The van der Waals surface area contributed by atoms with Gasteiger partial charge in [0, 0.05) is 45.0 Å². The van der Waals surface area contributed by atoms with Crippen molar-refractivity contribution in [2.45, 2.75) is 58.2 Å². The van der Waals surface area contributed by atoms with Crippen molar-refractivity contribution >= 4 is 23.7 Å². The number of hydrogen-bond acceptors (Lipinski definition) is 6. The molecule has 3 aliphatic rings. The fourth-order valence-corrected chi connectivity index (χ4v) is 5.02. The van der Waals surface area contributed by atoms with Crippen molar-refractivity contribution in [1.29, 1.82) is 0 Å². The Morgan fingerprint density at radius 3 is 2.57 bits per heavy atom. The van der Waals surface area contributed by atoms with Crippen LogP contribution in [0.3, 0.4) is 0 Å². The molecule has 2 amide bonds. The lowest BCUT2D eigenvalue weighted by Crippen LogP contribution is -2.49. The standard InChI is InChI=1S/C23H31N5O.C6H10O2/c1-18(2)15-25-20-10-12-27(17-20)23(29)28-14-13-26(16-19-7-5-6-11-24-19)21-8-3-4-9-22(21)28;7-5-6-3-1-2-4-8-6/h3-9,11,18,20,25H,10,12-17H2,1-2H3;5-6H,1-4H2. The number of nitrogens with one attached hydrogen (secondary N) is 1. The first kappa shape index (κ1) is 27.1. The summed E-state index contributed by atoms with van der Waals surface area (Å²) < 4.78 is 5.06. The molecule has 37 heavy (non-hydrogen) atoms. The number of pyridine rings is 1. The minimum absolute atomic E-state index is 0.0938. The number of anilines is 2. The number of ether oxygens (including phenoxy) is 1. The maximum Gasteiger partial charge on any atom is 0.324 e. The SMILES string of the molecule is CC(C)CNC1CCN(C(=O)N2CCN(Cc3ccccn3)c3ccccc32)C1.O=CC1CCCCO1. The van der Waals surface area contributed by atoms with Crippen molar-refractivity contribution in [3.63, 3.8) is 0 Å². The van der Waals surface area contributed by atoms with Gasteiger partial charge in [0.15, 0.2) is 0 Å². The van der Waals surface area contributed by atoms with Crippen LogP contribution >= 0.6 is 0 Å². The molecule has 2 fully saturated rings. The summed E-state index contributed by atoms with van der Waals surface area (Å²) in [5.41, 5.74) is 3.14. The fraction of sp³-hybridized carbons (Fsp3) is 0.552. The highest BCUT2D eigenvalue weighted by molar-refractivity contribution is 5.97. The van der Waals surface area contributed by atoms with Gasteiger partial charge in [-0.25, -0.2) is 4.79 Å². The Labute approximate surface area is 221 Å². The first-order chi connectivity index (χ1) is 18.0. The van der Waals surface area contributed by atoms with Crippen molar-refractivity contribution in [2.75, 3.05) is 49.1 Å². The van der Waals surface area contributed by atoms with Gasteiger partial charge < -0.3 is 24.6 Å². The Hall–Kier alpha value is -2.97. The molecule has 4 heterocycles. The van der Waals surface area contributed by atoms with Gasteiger partial charge in [-0.1, -0.05) is 32.0 Å². The molecule has 0 spiro atoms. The molecule has 1 aromatic carbocycles. The van der Waals surface area contributed by atoms with E-state index in [-0.39, 0.29) is 12.1 Å². The molecule has 200 valence electrons. The van der Waals surface area contributed by atoms with Crippen LogP contribution in [0.4, 0.5) is 16.2 Å². The number of rotatable bonds is 6. The molecule has 8 heteroatoms. The Morgan fingerprint density at radius 1 is 1.08 bits per heavy atom. The number of amides is 2. The number of fused-ring (bicyclic) bond motifs is 1. The summed E-state index contributed by atoms with van der Waals surface area (Å²) in [4.78, 5) is 34.1. The van der Waals surface area contributed by atoms with Gasteiger partial charge in [0.2, 0.25) is 0 Å². The second kappa shape index (κ2) is 13.5. The van der Waals surface area contributed by atoms with E-state index in [4.69, 9.17) is 4.74 Å². The minimum Gasteiger partial charge on any atom is -0.371 e. The zero-order chi connectivity index (χ0) is 26.0. The Kier molecular flexibility index (Phi) is 9.91. The quantitative estimate of drug-likeness (QED) is 0.593. The number of likely N-dealkylation sites (tertiary alicyclic amines) is 1. The van der Waals surface area contributed by atoms with E-state index in [0.29, 0.717) is 18.5 Å². The highest BCUT2D eigenvalue weighted by Crippen LogP contribution is 2.34. The van der Waals surface area contributed by atoms with Crippen LogP contribution in [0, 0.1) is 5.92 Å². The van der Waals surface area contributed by atoms with Crippen LogP contribution in [0.2, 0.25) is 0 Å². The predicted octanol–water partition coefficient (Wildman–Crippen LogP) is 4.10. The van der Waals surface area contributed by atoms with E-state index in [1.165, 1.54) is 0 Å². The summed E-state index contributed by atoms with van der Waals surface area (Å²) in [6.07, 6.45) is 6.83. The van der Waals surface area contributed by atoms with Crippen LogP contribution in [-0.4, -0.2) is 73.7 Å². The number of carbonyl (C=O) groups is 2. The Bertz CT molecular complexity index is 996. The fourth-order valence-electron chi connectivity index (χ4n) is 5.02. The summed E-state index contributed by atoms with van der Waals surface area (Å²) in [6.45, 7) is 10.1. The number of aldehydes is 1. The van der Waals surface area contributed by atoms with E-state index in [0.717, 1.165) is 88.4 Å². The summed E-state index contributed by atoms with van der Waals surface area (Å²) >= 11 is 0. The van der Waals surface area contributed by atoms with E-state index < -0.39 is 0 Å². The maximum absolute atomic E-state index is 13.3. The second-order valence-electron chi connectivity index (χ2n) is 10.4. The lowest BCUT2D eigenvalue weighted by molar-refractivity contribution is -0.120. The Morgan fingerprint density at radius 2 is 1.89 bits per heavy atom.